The maximum Gasteiger partial charge on any atom is 0.416 e. The molecule has 0 fully saturated rings. The summed E-state index contributed by atoms with van der Waals surface area (Å²) in [4.78, 5) is 12.4. The standard InChI is InChI=1S/C26H17Cl2F3N2O2/c27-20-10-8-18(23(28)13-20)15-35-24-11-9-16-4-1-2-7-21(16)22(24)14-32-33-25(34)17-5-3-6-19(12-17)26(29,30)31/h1-14H,15H2,(H,33,34)/b32-14-. The second kappa shape index (κ2) is 10.4. The lowest BCUT2D eigenvalue weighted by atomic mass is 10.0. The quantitative estimate of drug-likeness (QED) is 0.213. The number of carbonyl (C=O) groups excluding carboxylic acids is 1. The number of hydrazone groups is 1. The zero-order valence-corrected chi connectivity index (χ0v) is 19.5. The number of amides is 1. The number of alkyl halides is 3. The van der Waals surface area contributed by atoms with Crippen LogP contribution in [-0.2, 0) is 12.8 Å². The number of nitrogens with zero attached hydrogens (tertiary/aromatic N) is 1. The van der Waals surface area contributed by atoms with E-state index in [4.69, 9.17) is 27.9 Å². The van der Waals surface area contributed by atoms with Gasteiger partial charge in [0.05, 0.1) is 11.8 Å². The topological polar surface area (TPSA) is 50.7 Å². The summed E-state index contributed by atoms with van der Waals surface area (Å²) in [5.41, 5.74) is 2.51. The molecular weight excluding hydrogens is 500 g/mol. The molecule has 0 saturated carbocycles. The first kappa shape index (κ1) is 24.6. The Morgan fingerprint density at radius 3 is 2.54 bits per heavy atom. The summed E-state index contributed by atoms with van der Waals surface area (Å²) >= 11 is 12.2. The zero-order valence-electron chi connectivity index (χ0n) is 17.9. The van der Waals surface area contributed by atoms with Gasteiger partial charge in [0, 0.05) is 26.7 Å². The van der Waals surface area contributed by atoms with Crippen molar-refractivity contribution in [2.45, 2.75) is 12.8 Å². The smallest absolute Gasteiger partial charge is 0.416 e. The molecule has 0 unspecified atom stereocenters. The van der Waals surface area contributed by atoms with Gasteiger partial charge in [-0.05, 0) is 47.2 Å². The Kier molecular flexibility index (Phi) is 7.28. The SMILES string of the molecule is O=C(N/N=C\c1c(OCc2ccc(Cl)cc2Cl)ccc2ccccc12)c1cccc(C(F)(F)F)c1. The summed E-state index contributed by atoms with van der Waals surface area (Å²) < 4.78 is 44.8. The highest BCUT2D eigenvalue weighted by Crippen LogP contribution is 2.30. The second-order valence-electron chi connectivity index (χ2n) is 7.50. The average Bonchev–Trinajstić information content (AvgIpc) is 2.83. The van der Waals surface area contributed by atoms with Crippen molar-refractivity contribution < 1.29 is 22.7 Å². The van der Waals surface area contributed by atoms with Crippen LogP contribution in [0.5, 0.6) is 5.75 Å². The molecule has 0 bridgehead atoms. The van der Waals surface area contributed by atoms with Crippen molar-refractivity contribution in [3.05, 3.63) is 111 Å². The van der Waals surface area contributed by atoms with Gasteiger partial charge in [0.2, 0.25) is 0 Å². The molecule has 0 spiro atoms. The predicted molar refractivity (Wildman–Crippen MR) is 131 cm³/mol. The molecule has 4 aromatic rings. The van der Waals surface area contributed by atoms with Crippen molar-refractivity contribution >= 4 is 46.1 Å². The lowest BCUT2D eigenvalue weighted by Gasteiger charge is -2.13. The van der Waals surface area contributed by atoms with E-state index in [0.717, 1.165) is 28.5 Å². The highest BCUT2D eigenvalue weighted by atomic mass is 35.5. The monoisotopic (exact) mass is 516 g/mol. The molecule has 1 N–H and O–H groups in total. The molecule has 0 heterocycles. The number of nitrogens with one attached hydrogen (secondary N) is 1. The third kappa shape index (κ3) is 5.93. The van der Waals surface area contributed by atoms with Crippen molar-refractivity contribution in [1.29, 1.82) is 0 Å². The molecule has 0 radical (unpaired) electrons. The van der Waals surface area contributed by atoms with Crippen LogP contribution in [-0.4, -0.2) is 12.1 Å². The van der Waals surface area contributed by atoms with Gasteiger partial charge in [-0.3, -0.25) is 4.79 Å². The Hall–Kier alpha value is -3.55. The van der Waals surface area contributed by atoms with E-state index in [1.165, 1.54) is 18.3 Å². The summed E-state index contributed by atoms with van der Waals surface area (Å²) in [6.45, 7) is 0.159. The number of ether oxygens (including phenoxy) is 1. The molecule has 0 atom stereocenters. The van der Waals surface area contributed by atoms with E-state index in [1.54, 1.807) is 24.3 Å². The Balaban J connectivity index is 1.58. The van der Waals surface area contributed by atoms with E-state index < -0.39 is 17.6 Å². The van der Waals surface area contributed by atoms with Gasteiger partial charge < -0.3 is 4.74 Å². The molecule has 1 amide bonds. The predicted octanol–water partition coefficient (Wildman–Crippen LogP) is 7.51. The fraction of sp³-hybridized carbons (Fsp3) is 0.0769. The largest absolute Gasteiger partial charge is 0.488 e. The summed E-state index contributed by atoms with van der Waals surface area (Å²) in [6, 6.07) is 20.4. The van der Waals surface area contributed by atoms with Gasteiger partial charge in [-0.15, -0.1) is 0 Å². The van der Waals surface area contributed by atoms with Crippen LogP contribution < -0.4 is 10.2 Å². The van der Waals surface area contributed by atoms with E-state index in [1.807, 2.05) is 30.3 Å². The Bertz CT molecular complexity index is 1420. The number of rotatable bonds is 6. The van der Waals surface area contributed by atoms with E-state index in [2.05, 4.69) is 10.5 Å². The number of fused-ring (bicyclic) bond motifs is 1. The number of halogens is 5. The summed E-state index contributed by atoms with van der Waals surface area (Å²) in [5, 5.41) is 6.67. The maximum absolute atomic E-state index is 12.9. The third-order valence-corrected chi connectivity index (χ3v) is 5.73. The minimum atomic E-state index is -4.55. The molecule has 9 heteroatoms. The molecule has 4 rings (SSSR count). The van der Waals surface area contributed by atoms with Crippen molar-refractivity contribution in [3.63, 3.8) is 0 Å². The average molecular weight is 517 g/mol. The molecule has 0 aromatic heterocycles. The van der Waals surface area contributed by atoms with Crippen LogP contribution in [0.25, 0.3) is 10.8 Å². The molecule has 4 nitrogen and oxygen atoms in total. The van der Waals surface area contributed by atoms with Gasteiger partial charge in [0.25, 0.3) is 5.91 Å². The van der Waals surface area contributed by atoms with Crippen LogP contribution in [0.4, 0.5) is 13.2 Å². The van der Waals surface area contributed by atoms with Crippen LogP contribution in [0, 0.1) is 0 Å². The first-order valence-electron chi connectivity index (χ1n) is 10.3. The Morgan fingerprint density at radius 2 is 1.77 bits per heavy atom. The van der Waals surface area contributed by atoms with Gasteiger partial charge in [-0.25, -0.2) is 5.43 Å². The van der Waals surface area contributed by atoms with Gasteiger partial charge in [0.15, 0.2) is 0 Å². The molecule has 0 aliphatic carbocycles. The molecule has 4 aromatic carbocycles. The van der Waals surface area contributed by atoms with E-state index in [0.29, 0.717) is 21.4 Å². The number of hydrogen-bond donors (Lipinski definition) is 1. The summed E-state index contributed by atoms with van der Waals surface area (Å²) in [7, 11) is 0. The van der Waals surface area contributed by atoms with E-state index in [9.17, 15) is 18.0 Å². The third-order valence-electron chi connectivity index (χ3n) is 5.14. The number of carbonyl (C=O) groups is 1. The lowest BCUT2D eigenvalue weighted by molar-refractivity contribution is -0.137. The van der Waals surface area contributed by atoms with Gasteiger partial charge in [-0.2, -0.15) is 18.3 Å². The van der Waals surface area contributed by atoms with E-state index in [-0.39, 0.29) is 12.2 Å². The van der Waals surface area contributed by atoms with Gasteiger partial charge in [0.1, 0.15) is 12.4 Å². The van der Waals surface area contributed by atoms with Gasteiger partial charge in [-0.1, -0.05) is 65.7 Å². The van der Waals surface area contributed by atoms with Crippen molar-refractivity contribution in [1.82, 2.24) is 5.43 Å². The number of benzene rings is 4. The summed E-state index contributed by atoms with van der Waals surface area (Å²) in [5.74, 6) is -0.296. The maximum atomic E-state index is 12.9. The van der Waals surface area contributed by atoms with Crippen LogP contribution in [0.2, 0.25) is 10.0 Å². The Labute approximate surface area is 208 Å². The fourth-order valence-electron chi connectivity index (χ4n) is 3.39. The van der Waals surface area contributed by atoms with Crippen molar-refractivity contribution in [2.75, 3.05) is 0 Å². The number of hydrogen-bond acceptors (Lipinski definition) is 3. The molecule has 0 saturated heterocycles. The summed E-state index contributed by atoms with van der Waals surface area (Å²) in [6.07, 6.45) is -3.16. The van der Waals surface area contributed by atoms with E-state index >= 15 is 0 Å². The Morgan fingerprint density at radius 1 is 0.971 bits per heavy atom. The molecule has 0 aliphatic heterocycles. The first-order chi connectivity index (χ1) is 16.7. The van der Waals surface area contributed by atoms with Crippen LogP contribution in [0.1, 0.15) is 27.0 Å². The minimum Gasteiger partial charge on any atom is -0.488 e. The van der Waals surface area contributed by atoms with Crippen LogP contribution in [0.3, 0.4) is 0 Å². The highest BCUT2D eigenvalue weighted by molar-refractivity contribution is 6.35. The minimum absolute atomic E-state index is 0.159. The lowest BCUT2D eigenvalue weighted by Crippen LogP contribution is -2.18. The van der Waals surface area contributed by atoms with Crippen molar-refractivity contribution in [2.24, 2.45) is 5.10 Å². The molecular formula is C26H17Cl2F3N2O2. The first-order valence-corrected chi connectivity index (χ1v) is 11.1. The normalized spacial score (nSPS) is 11.7. The molecule has 0 aliphatic rings. The van der Waals surface area contributed by atoms with Crippen molar-refractivity contribution in [3.8, 4) is 5.75 Å². The zero-order chi connectivity index (χ0) is 25.0. The fourth-order valence-corrected chi connectivity index (χ4v) is 3.85. The highest BCUT2D eigenvalue weighted by Gasteiger charge is 2.30. The van der Waals surface area contributed by atoms with Crippen LogP contribution >= 0.6 is 23.2 Å². The van der Waals surface area contributed by atoms with Gasteiger partial charge >= 0.3 is 6.18 Å². The second-order valence-corrected chi connectivity index (χ2v) is 8.34. The molecule has 35 heavy (non-hydrogen) atoms. The molecule has 178 valence electrons. The van der Waals surface area contributed by atoms with Crippen LogP contribution in [0.15, 0.2) is 84.0 Å².